The van der Waals surface area contributed by atoms with Gasteiger partial charge in [-0.25, -0.2) is 28.5 Å². The molecule has 0 radical (unpaired) electrons. The second-order valence-electron chi connectivity index (χ2n) is 8.22. The third-order valence-electron chi connectivity index (χ3n) is 5.83. The standard InChI is InChI=1S/C24H23F2N7OS/c1-2-27-23(34)33-24-32-20-18(26)15(10-16(21(20)35-24)19-17(25)8-5-9-28-19)13-11-29-22(30-12-13)31-14-6-3-4-7-14/h5,8-12,14H,2-4,6-7H2,1H3,(H,29,30,31)(H2,27,32,33,34). The second-order valence-corrected chi connectivity index (χ2v) is 9.22. The van der Waals surface area contributed by atoms with Crippen LogP contribution >= 0.6 is 11.3 Å². The van der Waals surface area contributed by atoms with Crippen molar-refractivity contribution in [2.75, 3.05) is 17.2 Å². The molecule has 3 N–H and O–H groups in total. The van der Waals surface area contributed by atoms with Gasteiger partial charge in [-0.1, -0.05) is 24.2 Å². The zero-order valence-electron chi connectivity index (χ0n) is 18.9. The molecule has 3 heterocycles. The molecule has 0 bridgehead atoms. The van der Waals surface area contributed by atoms with Crippen LogP contribution in [0.5, 0.6) is 0 Å². The number of nitrogens with zero attached hydrogens (tertiary/aromatic N) is 4. The minimum absolute atomic E-state index is 0.00695. The van der Waals surface area contributed by atoms with Crippen molar-refractivity contribution < 1.29 is 13.6 Å². The zero-order chi connectivity index (χ0) is 24.4. The molecule has 180 valence electrons. The number of urea groups is 1. The molecule has 1 aliphatic carbocycles. The maximum Gasteiger partial charge on any atom is 0.321 e. The summed E-state index contributed by atoms with van der Waals surface area (Å²) in [5, 5.41) is 8.70. The van der Waals surface area contributed by atoms with Gasteiger partial charge in [0.15, 0.2) is 10.9 Å². The van der Waals surface area contributed by atoms with E-state index in [-0.39, 0.29) is 21.9 Å². The summed E-state index contributed by atoms with van der Waals surface area (Å²) in [7, 11) is 0. The normalized spacial score (nSPS) is 13.8. The molecule has 4 aromatic rings. The van der Waals surface area contributed by atoms with Gasteiger partial charge in [-0.3, -0.25) is 10.3 Å². The maximum absolute atomic E-state index is 15.7. The van der Waals surface area contributed by atoms with Crippen molar-refractivity contribution in [1.29, 1.82) is 0 Å². The molecule has 0 spiro atoms. The molecule has 3 aromatic heterocycles. The first-order valence-corrected chi connectivity index (χ1v) is 12.2. The molecule has 5 rings (SSSR count). The number of amides is 2. The van der Waals surface area contributed by atoms with E-state index < -0.39 is 17.7 Å². The lowest BCUT2D eigenvalue weighted by molar-refractivity contribution is 0.252. The predicted molar refractivity (Wildman–Crippen MR) is 132 cm³/mol. The monoisotopic (exact) mass is 495 g/mol. The molecule has 35 heavy (non-hydrogen) atoms. The molecule has 0 aliphatic heterocycles. The van der Waals surface area contributed by atoms with Gasteiger partial charge in [0.1, 0.15) is 17.0 Å². The Hall–Kier alpha value is -3.73. The summed E-state index contributed by atoms with van der Waals surface area (Å²) >= 11 is 1.05. The van der Waals surface area contributed by atoms with E-state index in [1.807, 2.05) is 0 Å². The molecule has 1 aliphatic rings. The average Bonchev–Trinajstić information content (AvgIpc) is 3.51. The summed E-state index contributed by atoms with van der Waals surface area (Å²) < 4.78 is 30.8. The molecule has 0 unspecified atom stereocenters. The van der Waals surface area contributed by atoms with Crippen LogP contribution in [0, 0.1) is 11.6 Å². The Balaban J connectivity index is 1.59. The lowest BCUT2D eigenvalue weighted by atomic mass is 10.0. The largest absolute Gasteiger partial charge is 0.351 e. The van der Waals surface area contributed by atoms with Gasteiger partial charge < -0.3 is 10.6 Å². The van der Waals surface area contributed by atoms with Crippen molar-refractivity contribution in [1.82, 2.24) is 25.3 Å². The minimum atomic E-state index is -0.611. The van der Waals surface area contributed by atoms with E-state index in [2.05, 4.69) is 35.9 Å². The number of fused-ring (bicyclic) bond motifs is 1. The number of carbonyl (C=O) groups is 1. The van der Waals surface area contributed by atoms with E-state index in [4.69, 9.17) is 0 Å². The number of halogens is 2. The van der Waals surface area contributed by atoms with E-state index in [9.17, 15) is 9.18 Å². The van der Waals surface area contributed by atoms with Crippen LogP contribution in [0.1, 0.15) is 32.6 Å². The van der Waals surface area contributed by atoms with Crippen molar-refractivity contribution in [2.45, 2.75) is 38.6 Å². The molecule has 1 saturated carbocycles. The number of pyridine rings is 1. The zero-order valence-corrected chi connectivity index (χ0v) is 19.8. The van der Waals surface area contributed by atoms with E-state index in [0.29, 0.717) is 34.4 Å². The fraction of sp³-hybridized carbons (Fsp3) is 0.292. The molecule has 1 aromatic carbocycles. The molecular weight excluding hydrogens is 472 g/mol. The summed E-state index contributed by atoms with van der Waals surface area (Å²) in [4.78, 5) is 29.2. The van der Waals surface area contributed by atoms with Gasteiger partial charge >= 0.3 is 6.03 Å². The Labute approximate surface area is 204 Å². The lowest BCUT2D eigenvalue weighted by Crippen LogP contribution is -2.28. The molecule has 11 heteroatoms. The van der Waals surface area contributed by atoms with Crippen molar-refractivity contribution in [3.63, 3.8) is 0 Å². The first kappa shape index (κ1) is 23.0. The molecular formula is C24H23F2N7OS. The number of aromatic nitrogens is 4. The van der Waals surface area contributed by atoms with Crippen molar-refractivity contribution >= 4 is 38.7 Å². The summed E-state index contributed by atoms with van der Waals surface area (Å²) in [5.41, 5.74) is 1.02. The van der Waals surface area contributed by atoms with Crippen LogP contribution in [-0.2, 0) is 0 Å². The van der Waals surface area contributed by atoms with E-state index in [1.165, 1.54) is 49.6 Å². The number of benzene rings is 1. The summed E-state index contributed by atoms with van der Waals surface area (Å²) in [6.45, 7) is 2.20. The Kier molecular flexibility index (Phi) is 6.49. The van der Waals surface area contributed by atoms with Crippen molar-refractivity contribution in [3.05, 3.63) is 48.4 Å². The van der Waals surface area contributed by atoms with Crippen LogP contribution in [0.25, 0.3) is 32.6 Å². The first-order chi connectivity index (χ1) is 17.0. The van der Waals surface area contributed by atoms with Crippen molar-refractivity contribution in [3.8, 4) is 22.4 Å². The second kappa shape index (κ2) is 9.87. The summed E-state index contributed by atoms with van der Waals surface area (Å²) in [5.74, 6) is -0.675. The fourth-order valence-corrected chi connectivity index (χ4v) is 5.14. The number of anilines is 2. The molecule has 0 atom stereocenters. The van der Waals surface area contributed by atoms with Crippen LogP contribution in [-0.4, -0.2) is 38.6 Å². The summed E-state index contributed by atoms with van der Waals surface area (Å²) in [6, 6.07) is 4.19. The average molecular weight is 496 g/mol. The van der Waals surface area contributed by atoms with Crippen LogP contribution in [0.15, 0.2) is 36.8 Å². The number of carbonyl (C=O) groups excluding carboxylic acids is 1. The first-order valence-electron chi connectivity index (χ1n) is 11.4. The van der Waals surface area contributed by atoms with Crippen LogP contribution in [0.3, 0.4) is 0 Å². The Bertz CT molecular complexity index is 1370. The van der Waals surface area contributed by atoms with Gasteiger partial charge in [-0.05, 0) is 38.0 Å². The Morgan fingerprint density at radius 1 is 1.14 bits per heavy atom. The van der Waals surface area contributed by atoms with Gasteiger partial charge in [0.05, 0.1) is 4.70 Å². The van der Waals surface area contributed by atoms with Gasteiger partial charge in [-0.2, -0.15) is 0 Å². The summed E-state index contributed by atoms with van der Waals surface area (Å²) in [6.07, 6.45) is 9.05. The fourth-order valence-electron chi connectivity index (χ4n) is 4.17. The number of rotatable bonds is 6. The smallest absolute Gasteiger partial charge is 0.321 e. The van der Waals surface area contributed by atoms with Crippen LogP contribution < -0.4 is 16.0 Å². The third kappa shape index (κ3) is 4.76. The number of hydrogen-bond acceptors (Lipinski definition) is 7. The highest BCUT2D eigenvalue weighted by Gasteiger charge is 2.23. The highest BCUT2D eigenvalue weighted by molar-refractivity contribution is 7.22. The van der Waals surface area contributed by atoms with Gasteiger partial charge in [-0.15, -0.1) is 0 Å². The van der Waals surface area contributed by atoms with Crippen LogP contribution in [0.4, 0.5) is 24.7 Å². The van der Waals surface area contributed by atoms with E-state index in [1.54, 1.807) is 6.92 Å². The predicted octanol–water partition coefficient (Wildman–Crippen LogP) is 5.59. The Morgan fingerprint density at radius 3 is 2.63 bits per heavy atom. The quantitative estimate of drug-likeness (QED) is 0.322. The highest BCUT2D eigenvalue weighted by atomic mass is 32.1. The Morgan fingerprint density at radius 2 is 1.91 bits per heavy atom. The molecule has 2 amide bonds. The minimum Gasteiger partial charge on any atom is -0.351 e. The van der Waals surface area contributed by atoms with Gasteiger partial charge in [0, 0.05) is 47.9 Å². The molecule has 8 nitrogen and oxygen atoms in total. The van der Waals surface area contributed by atoms with Crippen LogP contribution in [0.2, 0.25) is 0 Å². The maximum atomic E-state index is 15.7. The number of hydrogen-bond donors (Lipinski definition) is 3. The third-order valence-corrected chi connectivity index (χ3v) is 6.83. The van der Waals surface area contributed by atoms with E-state index in [0.717, 1.165) is 24.2 Å². The topological polar surface area (TPSA) is 105 Å². The lowest BCUT2D eigenvalue weighted by Gasteiger charge is -2.12. The van der Waals surface area contributed by atoms with Gasteiger partial charge in [0.2, 0.25) is 5.95 Å². The van der Waals surface area contributed by atoms with Gasteiger partial charge in [0.25, 0.3) is 0 Å². The molecule has 0 saturated heterocycles. The molecule has 1 fully saturated rings. The SMILES string of the molecule is CCNC(=O)Nc1nc2c(F)c(-c3cnc(NC4CCCC4)nc3)cc(-c3ncccc3F)c2s1. The van der Waals surface area contributed by atoms with Crippen molar-refractivity contribution in [2.24, 2.45) is 0 Å². The highest BCUT2D eigenvalue weighted by Crippen LogP contribution is 2.41. The number of thiazole rings is 1. The number of nitrogens with one attached hydrogen (secondary N) is 3. The van der Waals surface area contributed by atoms with E-state index >= 15 is 4.39 Å².